The molecule has 0 aliphatic carbocycles. The lowest BCUT2D eigenvalue weighted by Gasteiger charge is -2.26. The first-order valence-corrected chi connectivity index (χ1v) is 13.7. The molecule has 14 heteroatoms. The predicted molar refractivity (Wildman–Crippen MR) is 152 cm³/mol. The molecule has 2 aromatic rings. The first kappa shape index (κ1) is 31.9. The minimum absolute atomic E-state index is 0.0553. The van der Waals surface area contributed by atoms with Gasteiger partial charge in [-0.3, -0.25) is 24.0 Å². The highest BCUT2D eigenvalue weighted by Crippen LogP contribution is 2.24. The topological polar surface area (TPSA) is 200 Å². The molecular weight excluding hydrogens is 568 g/mol. The standard InChI is InChI=1S/C28H32N4O9S/c1-15(33)29-21-12-16-5-7-18(8-6-16)41-19-4-2-3-17(11-19)13-22(27(38)32-23(14-42)28(39)40)31-25(36)20(30-26(21)37)9-10-24(34)35/h2-8,11,20-23,42H,9-10,12-14H2,1H3,(H,29,33)(H,30,37)(H,31,36)(H,32,38)(H,34,35)(H,39,40)/t20-,21?,22?,23-/m0/s1. The third kappa shape index (κ3) is 9.51. The third-order valence-electron chi connectivity index (χ3n) is 6.34. The number of thiol groups is 1. The van der Waals surface area contributed by atoms with E-state index >= 15 is 0 Å². The van der Waals surface area contributed by atoms with E-state index in [1.165, 1.54) is 6.92 Å². The van der Waals surface area contributed by atoms with Crippen molar-refractivity contribution in [2.75, 3.05) is 5.75 Å². The van der Waals surface area contributed by atoms with Crippen molar-refractivity contribution in [3.05, 3.63) is 59.7 Å². The fourth-order valence-electron chi connectivity index (χ4n) is 4.24. The highest BCUT2D eigenvalue weighted by Gasteiger charge is 2.31. The molecule has 0 spiro atoms. The van der Waals surface area contributed by atoms with Crippen LogP contribution in [0.4, 0.5) is 0 Å². The summed E-state index contributed by atoms with van der Waals surface area (Å²) in [5, 5.41) is 28.5. The molecule has 4 atom stereocenters. The number of ether oxygens (including phenoxy) is 1. The molecule has 2 unspecified atom stereocenters. The van der Waals surface area contributed by atoms with Crippen molar-refractivity contribution in [1.82, 2.24) is 21.3 Å². The second-order valence-electron chi connectivity index (χ2n) is 9.69. The number of hydrogen-bond acceptors (Lipinski definition) is 8. The van der Waals surface area contributed by atoms with Gasteiger partial charge in [0.1, 0.15) is 35.7 Å². The predicted octanol–water partition coefficient (Wildman–Crippen LogP) is 0.416. The molecule has 13 nitrogen and oxygen atoms in total. The number of fused-ring (bicyclic) bond motifs is 10. The van der Waals surface area contributed by atoms with Crippen molar-refractivity contribution in [2.45, 2.75) is 56.8 Å². The monoisotopic (exact) mass is 600 g/mol. The summed E-state index contributed by atoms with van der Waals surface area (Å²) in [6.45, 7) is 1.23. The van der Waals surface area contributed by atoms with Crippen LogP contribution < -0.4 is 26.0 Å². The largest absolute Gasteiger partial charge is 0.481 e. The zero-order valence-electron chi connectivity index (χ0n) is 22.7. The Morgan fingerprint density at radius 2 is 1.69 bits per heavy atom. The molecule has 2 heterocycles. The van der Waals surface area contributed by atoms with Gasteiger partial charge in [0.25, 0.3) is 0 Å². The lowest BCUT2D eigenvalue weighted by Crippen LogP contribution is -2.58. The Kier molecular flexibility index (Phi) is 11.3. The van der Waals surface area contributed by atoms with Gasteiger partial charge in [-0.1, -0.05) is 24.3 Å². The average Bonchev–Trinajstić information content (AvgIpc) is 2.93. The van der Waals surface area contributed by atoms with Gasteiger partial charge >= 0.3 is 11.9 Å². The molecular formula is C28H32N4O9S. The number of amides is 4. The summed E-state index contributed by atoms with van der Waals surface area (Å²) in [4.78, 5) is 74.6. The second-order valence-corrected chi connectivity index (χ2v) is 10.1. The highest BCUT2D eigenvalue weighted by atomic mass is 32.1. The van der Waals surface area contributed by atoms with E-state index in [1.807, 2.05) is 0 Å². The summed E-state index contributed by atoms with van der Waals surface area (Å²) in [6, 6.07) is 8.35. The normalized spacial score (nSPS) is 19.7. The van der Waals surface area contributed by atoms with Gasteiger partial charge in [0.2, 0.25) is 23.6 Å². The summed E-state index contributed by atoms with van der Waals surface area (Å²) in [5.74, 6) is -4.79. The summed E-state index contributed by atoms with van der Waals surface area (Å²) >= 11 is 3.96. The molecule has 4 rings (SSSR count). The molecule has 4 amide bonds. The third-order valence-corrected chi connectivity index (χ3v) is 6.71. The van der Waals surface area contributed by atoms with E-state index in [1.54, 1.807) is 48.5 Å². The minimum Gasteiger partial charge on any atom is -0.481 e. The Bertz CT molecular complexity index is 1330. The van der Waals surface area contributed by atoms with Crippen molar-refractivity contribution < 1.29 is 43.7 Å². The fourth-order valence-corrected chi connectivity index (χ4v) is 4.49. The molecule has 4 bridgehead atoms. The second kappa shape index (κ2) is 14.9. The van der Waals surface area contributed by atoms with Crippen molar-refractivity contribution in [3.8, 4) is 11.5 Å². The molecule has 42 heavy (non-hydrogen) atoms. The van der Waals surface area contributed by atoms with Crippen LogP contribution in [-0.4, -0.2) is 75.7 Å². The Hall–Kier alpha value is -4.59. The maximum atomic E-state index is 13.4. The average molecular weight is 601 g/mol. The van der Waals surface area contributed by atoms with Gasteiger partial charge in [-0.25, -0.2) is 4.79 Å². The Balaban J connectivity index is 2.04. The van der Waals surface area contributed by atoms with Gasteiger partial charge in [0.15, 0.2) is 0 Å². The van der Waals surface area contributed by atoms with Crippen molar-refractivity contribution in [3.63, 3.8) is 0 Å². The molecule has 0 fully saturated rings. The molecule has 0 saturated carbocycles. The van der Waals surface area contributed by atoms with Gasteiger partial charge < -0.3 is 36.2 Å². The van der Waals surface area contributed by atoms with Gasteiger partial charge in [0, 0.05) is 31.9 Å². The van der Waals surface area contributed by atoms with E-state index in [4.69, 9.17) is 4.74 Å². The van der Waals surface area contributed by atoms with Crippen LogP contribution in [0, 0.1) is 0 Å². The molecule has 0 saturated heterocycles. The first-order valence-electron chi connectivity index (χ1n) is 13.0. The molecule has 224 valence electrons. The van der Waals surface area contributed by atoms with Gasteiger partial charge in [-0.15, -0.1) is 0 Å². The van der Waals surface area contributed by atoms with Crippen LogP contribution in [-0.2, 0) is 41.6 Å². The number of rotatable bonds is 8. The van der Waals surface area contributed by atoms with Crippen LogP contribution >= 0.6 is 12.6 Å². The number of carbonyl (C=O) groups excluding carboxylic acids is 4. The maximum Gasteiger partial charge on any atom is 0.327 e. The molecule has 0 radical (unpaired) electrons. The number of hydrogen-bond donors (Lipinski definition) is 7. The SMILES string of the molecule is CC(=O)NC1Cc2ccc(cc2)Oc2cccc(c2)CC(C(=O)N[C@@H](CS)C(=O)O)NC(=O)[C@H](CCC(=O)O)NC1=O. The van der Waals surface area contributed by atoms with Crippen LogP contribution in [0.1, 0.15) is 30.9 Å². The molecule has 2 aromatic carbocycles. The number of carbonyl (C=O) groups is 6. The molecule has 2 aliphatic heterocycles. The molecule has 2 aliphatic rings. The maximum absolute atomic E-state index is 13.4. The number of nitrogens with one attached hydrogen (secondary N) is 4. The van der Waals surface area contributed by atoms with E-state index in [-0.39, 0.29) is 25.0 Å². The van der Waals surface area contributed by atoms with Gasteiger partial charge in [-0.2, -0.15) is 12.6 Å². The van der Waals surface area contributed by atoms with E-state index < -0.39 is 66.2 Å². The van der Waals surface area contributed by atoms with Crippen LogP contribution in [0.25, 0.3) is 0 Å². The highest BCUT2D eigenvalue weighted by molar-refractivity contribution is 7.80. The lowest BCUT2D eigenvalue weighted by molar-refractivity contribution is -0.141. The summed E-state index contributed by atoms with van der Waals surface area (Å²) < 4.78 is 5.93. The lowest BCUT2D eigenvalue weighted by atomic mass is 10.0. The summed E-state index contributed by atoms with van der Waals surface area (Å²) in [7, 11) is 0. The van der Waals surface area contributed by atoms with Crippen LogP contribution in [0.3, 0.4) is 0 Å². The van der Waals surface area contributed by atoms with E-state index in [2.05, 4.69) is 33.9 Å². The summed E-state index contributed by atoms with van der Waals surface area (Å²) in [6.07, 6.45) is -0.845. The number of carboxylic acids is 2. The molecule has 0 aromatic heterocycles. The Labute approximate surface area is 246 Å². The Morgan fingerprint density at radius 3 is 2.31 bits per heavy atom. The first-order chi connectivity index (χ1) is 19.9. The zero-order valence-corrected chi connectivity index (χ0v) is 23.6. The molecule has 6 N–H and O–H groups in total. The van der Waals surface area contributed by atoms with Crippen LogP contribution in [0.2, 0.25) is 0 Å². The number of carboxylic acid groups (broad SMARTS) is 2. The van der Waals surface area contributed by atoms with Gasteiger partial charge in [0.05, 0.1) is 0 Å². The minimum atomic E-state index is -1.40. The smallest absolute Gasteiger partial charge is 0.327 e. The van der Waals surface area contributed by atoms with Crippen molar-refractivity contribution in [2.24, 2.45) is 0 Å². The quantitative estimate of drug-likeness (QED) is 0.210. The van der Waals surface area contributed by atoms with Crippen molar-refractivity contribution >= 4 is 48.2 Å². The van der Waals surface area contributed by atoms with Gasteiger partial charge in [-0.05, 0) is 41.8 Å². The number of benzene rings is 2. The summed E-state index contributed by atoms with van der Waals surface area (Å²) in [5.41, 5.74) is 1.23. The van der Waals surface area contributed by atoms with E-state index in [0.29, 0.717) is 22.6 Å². The Morgan fingerprint density at radius 1 is 0.976 bits per heavy atom. The van der Waals surface area contributed by atoms with Crippen LogP contribution in [0.5, 0.6) is 11.5 Å². The van der Waals surface area contributed by atoms with Crippen molar-refractivity contribution in [1.29, 1.82) is 0 Å². The van der Waals surface area contributed by atoms with Crippen LogP contribution in [0.15, 0.2) is 48.5 Å². The zero-order chi connectivity index (χ0) is 30.8. The van der Waals surface area contributed by atoms with E-state index in [9.17, 15) is 39.0 Å². The fraction of sp³-hybridized carbons (Fsp3) is 0.357. The number of aliphatic carboxylic acids is 2. The van der Waals surface area contributed by atoms with E-state index in [0.717, 1.165) is 0 Å².